The zero-order chi connectivity index (χ0) is 10.5. The molecule has 0 unspecified atom stereocenters. The van der Waals surface area contributed by atoms with E-state index in [1.165, 1.54) is 0 Å². The Bertz CT molecular complexity index is 195. The van der Waals surface area contributed by atoms with Crippen LogP contribution < -0.4 is 5.32 Å². The van der Waals surface area contributed by atoms with Gasteiger partial charge in [0.2, 0.25) is 5.91 Å². The Hall–Kier alpha value is -1.10. The van der Waals surface area contributed by atoms with E-state index in [4.69, 9.17) is 5.11 Å². The van der Waals surface area contributed by atoms with Crippen molar-refractivity contribution in [3.05, 3.63) is 0 Å². The van der Waals surface area contributed by atoms with Crippen LogP contribution in [0.3, 0.4) is 0 Å². The highest BCUT2D eigenvalue weighted by atomic mass is 16.5. The molecule has 0 saturated carbocycles. The predicted molar refractivity (Wildman–Crippen MR) is 46.4 cm³/mol. The largest absolute Gasteiger partial charge is 0.480 e. The number of ether oxygens (including phenoxy) is 1. The van der Waals surface area contributed by atoms with Gasteiger partial charge in [-0.1, -0.05) is 0 Å². The third kappa shape index (κ3) is 8.81. The minimum atomic E-state index is -1.08. The van der Waals surface area contributed by atoms with Gasteiger partial charge in [0.25, 0.3) is 0 Å². The molecule has 0 aliphatic rings. The molecule has 0 atom stereocenters. The maximum atomic E-state index is 11.0. The summed E-state index contributed by atoms with van der Waals surface area (Å²) in [7, 11) is 0. The highest BCUT2D eigenvalue weighted by Crippen LogP contribution is 1.97. The van der Waals surface area contributed by atoms with Crippen LogP contribution >= 0.6 is 0 Å². The van der Waals surface area contributed by atoms with Gasteiger partial charge < -0.3 is 15.2 Å². The summed E-state index contributed by atoms with van der Waals surface area (Å²) in [5.41, 5.74) is -0.316. The van der Waals surface area contributed by atoms with Crippen molar-refractivity contribution in [2.75, 3.05) is 13.2 Å². The van der Waals surface area contributed by atoms with E-state index in [1.807, 2.05) is 20.8 Å². The lowest BCUT2D eigenvalue weighted by Crippen LogP contribution is -2.42. The van der Waals surface area contributed by atoms with Gasteiger partial charge in [-0.25, -0.2) is 4.79 Å². The first-order valence-corrected chi connectivity index (χ1v) is 3.92. The van der Waals surface area contributed by atoms with Crippen LogP contribution in [0.2, 0.25) is 0 Å². The van der Waals surface area contributed by atoms with E-state index < -0.39 is 12.6 Å². The van der Waals surface area contributed by atoms with Crippen molar-refractivity contribution in [2.24, 2.45) is 0 Å². The lowest BCUT2D eigenvalue weighted by Gasteiger charge is -2.20. The van der Waals surface area contributed by atoms with Crippen LogP contribution in [0.25, 0.3) is 0 Å². The van der Waals surface area contributed by atoms with Crippen molar-refractivity contribution in [1.82, 2.24) is 5.32 Å². The Labute approximate surface area is 77.1 Å². The van der Waals surface area contributed by atoms with E-state index in [9.17, 15) is 9.59 Å². The van der Waals surface area contributed by atoms with Crippen molar-refractivity contribution >= 4 is 11.9 Å². The number of carboxylic acid groups (broad SMARTS) is 1. The molecule has 5 heteroatoms. The van der Waals surface area contributed by atoms with Crippen LogP contribution in [0.5, 0.6) is 0 Å². The van der Waals surface area contributed by atoms with Gasteiger partial charge in [-0.3, -0.25) is 4.79 Å². The number of carbonyl (C=O) groups excluding carboxylic acids is 1. The van der Waals surface area contributed by atoms with Gasteiger partial charge in [0.05, 0.1) is 0 Å². The summed E-state index contributed by atoms with van der Waals surface area (Å²) in [6.07, 6.45) is 0. The van der Waals surface area contributed by atoms with Gasteiger partial charge in [-0.2, -0.15) is 0 Å². The van der Waals surface area contributed by atoms with E-state index in [-0.39, 0.29) is 18.1 Å². The third-order valence-corrected chi connectivity index (χ3v) is 0.973. The summed E-state index contributed by atoms with van der Waals surface area (Å²) in [5.74, 6) is -1.39. The molecule has 0 spiro atoms. The molecule has 2 N–H and O–H groups in total. The summed E-state index contributed by atoms with van der Waals surface area (Å²) in [4.78, 5) is 21.0. The van der Waals surface area contributed by atoms with Crippen LogP contribution in [0, 0.1) is 0 Å². The molecular weight excluding hydrogens is 174 g/mol. The summed E-state index contributed by atoms with van der Waals surface area (Å²) in [5, 5.41) is 10.8. The number of carbonyl (C=O) groups is 2. The van der Waals surface area contributed by atoms with E-state index in [1.54, 1.807) is 0 Å². The van der Waals surface area contributed by atoms with Gasteiger partial charge in [0.1, 0.15) is 13.2 Å². The number of aliphatic carboxylic acids is 1. The fourth-order valence-electron chi connectivity index (χ4n) is 0.685. The normalized spacial score (nSPS) is 11.0. The zero-order valence-electron chi connectivity index (χ0n) is 8.09. The first kappa shape index (κ1) is 11.9. The topological polar surface area (TPSA) is 75.6 Å². The monoisotopic (exact) mass is 189 g/mol. The summed E-state index contributed by atoms with van der Waals surface area (Å²) >= 11 is 0. The predicted octanol–water partition coefficient (Wildman–Crippen LogP) is 0.00230. The number of hydrogen-bond donors (Lipinski definition) is 2. The zero-order valence-corrected chi connectivity index (χ0v) is 8.09. The Morgan fingerprint density at radius 1 is 1.31 bits per heavy atom. The Kier molecular flexibility index (Phi) is 4.40. The highest BCUT2D eigenvalue weighted by Gasteiger charge is 2.13. The van der Waals surface area contributed by atoms with Crippen LogP contribution in [-0.4, -0.2) is 35.7 Å². The molecule has 0 aliphatic heterocycles. The van der Waals surface area contributed by atoms with Crippen LogP contribution in [0.1, 0.15) is 20.8 Å². The van der Waals surface area contributed by atoms with Gasteiger partial charge in [-0.15, -0.1) is 0 Å². The number of hydrogen-bond acceptors (Lipinski definition) is 3. The molecule has 0 aromatic rings. The molecular formula is C8H15NO4. The standard InChI is InChI=1S/C8H15NO4/c1-8(2,3)9-6(10)4-13-5-7(11)12/h4-5H2,1-3H3,(H,9,10)(H,11,12). The summed E-state index contributed by atoms with van der Waals surface area (Å²) < 4.78 is 4.59. The van der Waals surface area contributed by atoms with Gasteiger partial charge in [0.15, 0.2) is 0 Å². The second-order valence-electron chi connectivity index (χ2n) is 3.68. The van der Waals surface area contributed by atoms with Gasteiger partial charge >= 0.3 is 5.97 Å². The van der Waals surface area contributed by atoms with Crippen LogP contribution in [0.4, 0.5) is 0 Å². The maximum absolute atomic E-state index is 11.0. The van der Waals surface area contributed by atoms with Crippen molar-refractivity contribution in [1.29, 1.82) is 0 Å². The lowest BCUT2D eigenvalue weighted by molar-refractivity contribution is -0.143. The van der Waals surface area contributed by atoms with Gasteiger partial charge in [0, 0.05) is 5.54 Å². The average Bonchev–Trinajstić information content (AvgIpc) is 1.81. The first-order chi connectivity index (χ1) is 5.81. The molecule has 0 radical (unpaired) electrons. The Morgan fingerprint density at radius 2 is 1.85 bits per heavy atom. The van der Waals surface area contributed by atoms with E-state index >= 15 is 0 Å². The third-order valence-electron chi connectivity index (χ3n) is 0.973. The first-order valence-electron chi connectivity index (χ1n) is 3.92. The number of carboxylic acids is 1. The molecule has 0 aromatic carbocycles. The summed E-state index contributed by atoms with van der Waals surface area (Å²) in [6.45, 7) is 4.84. The molecule has 0 fully saturated rings. The minimum Gasteiger partial charge on any atom is -0.480 e. The van der Waals surface area contributed by atoms with Crippen molar-refractivity contribution in [3.63, 3.8) is 0 Å². The quantitative estimate of drug-likeness (QED) is 0.652. The van der Waals surface area contributed by atoms with Crippen molar-refractivity contribution in [3.8, 4) is 0 Å². The van der Waals surface area contributed by atoms with Gasteiger partial charge in [-0.05, 0) is 20.8 Å². The maximum Gasteiger partial charge on any atom is 0.329 e. The molecule has 0 bridgehead atoms. The van der Waals surface area contributed by atoms with Crippen molar-refractivity contribution < 1.29 is 19.4 Å². The summed E-state index contributed by atoms with van der Waals surface area (Å²) in [6, 6.07) is 0. The smallest absolute Gasteiger partial charge is 0.329 e. The minimum absolute atomic E-state index is 0.219. The fraction of sp³-hybridized carbons (Fsp3) is 0.750. The second-order valence-corrected chi connectivity index (χ2v) is 3.68. The Morgan fingerprint density at radius 3 is 2.23 bits per heavy atom. The SMILES string of the molecule is CC(C)(C)NC(=O)COCC(=O)O. The lowest BCUT2D eigenvalue weighted by atomic mass is 10.1. The van der Waals surface area contributed by atoms with Crippen molar-refractivity contribution in [2.45, 2.75) is 26.3 Å². The number of nitrogens with one attached hydrogen (secondary N) is 1. The van der Waals surface area contributed by atoms with Crippen LogP contribution in [0.15, 0.2) is 0 Å². The van der Waals surface area contributed by atoms with Crippen LogP contribution in [-0.2, 0) is 14.3 Å². The van der Waals surface area contributed by atoms with E-state index in [2.05, 4.69) is 10.1 Å². The average molecular weight is 189 g/mol. The molecule has 0 aliphatic carbocycles. The molecule has 0 saturated heterocycles. The molecule has 0 aromatic heterocycles. The molecule has 1 amide bonds. The Balaban J connectivity index is 3.59. The van der Waals surface area contributed by atoms with E-state index in [0.29, 0.717) is 0 Å². The molecule has 13 heavy (non-hydrogen) atoms. The molecule has 0 rings (SSSR count). The molecule has 76 valence electrons. The molecule has 5 nitrogen and oxygen atoms in total. The molecule has 0 heterocycles. The van der Waals surface area contributed by atoms with E-state index in [0.717, 1.165) is 0 Å². The second kappa shape index (κ2) is 4.81. The number of rotatable bonds is 4. The highest BCUT2D eigenvalue weighted by molar-refractivity contribution is 5.78. The fourth-order valence-corrected chi connectivity index (χ4v) is 0.685. The number of amides is 1.